The van der Waals surface area contributed by atoms with Crippen molar-refractivity contribution in [3.8, 4) is 0 Å². The third kappa shape index (κ3) is 2.43. The molecule has 2 rings (SSSR count). The van der Waals surface area contributed by atoms with Crippen LogP contribution in [0.4, 0.5) is 5.69 Å². The van der Waals surface area contributed by atoms with Gasteiger partial charge in [0, 0.05) is 23.2 Å². The molecule has 0 aliphatic heterocycles. The van der Waals surface area contributed by atoms with Crippen molar-refractivity contribution in [3.05, 3.63) is 51.9 Å². The molecule has 5 heteroatoms. The van der Waals surface area contributed by atoms with E-state index in [1.54, 1.807) is 18.2 Å². The van der Waals surface area contributed by atoms with Gasteiger partial charge in [-0.15, -0.1) is 0 Å². The Morgan fingerprint density at radius 1 is 1.39 bits per heavy atom. The monoisotopic (exact) mass is 263 g/mol. The highest BCUT2D eigenvalue weighted by Gasteiger charge is 2.07. The first kappa shape index (κ1) is 12.4. The van der Waals surface area contributed by atoms with Crippen LogP contribution in [0, 0.1) is 6.92 Å². The van der Waals surface area contributed by atoms with Gasteiger partial charge in [0.25, 0.3) is 5.91 Å². The Bertz CT molecular complexity index is 703. The molecule has 0 bridgehead atoms. The maximum atomic E-state index is 11.3. The van der Waals surface area contributed by atoms with Crippen molar-refractivity contribution < 1.29 is 9.21 Å². The number of aryl methyl sites for hydroxylation is 1. The summed E-state index contributed by atoms with van der Waals surface area (Å²) in [5.74, 6) is -0.494. The fraction of sp³-hybridized carbons (Fsp3) is 0.0769. The van der Waals surface area contributed by atoms with E-state index in [-0.39, 0.29) is 5.03 Å². The third-order valence-electron chi connectivity index (χ3n) is 2.46. The minimum Gasteiger partial charge on any atom is -0.423 e. The summed E-state index contributed by atoms with van der Waals surface area (Å²) < 4.78 is 5.06. The maximum absolute atomic E-state index is 11.3. The average molecular weight is 264 g/mol. The van der Waals surface area contributed by atoms with Gasteiger partial charge in [0.15, 0.2) is 0 Å². The van der Waals surface area contributed by atoms with Crippen LogP contribution < -0.4 is 10.9 Å². The molecule has 1 amide bonds. The predicted octanol–water partition coefficient (Wildman–Crippen LogP) is 2.79. The Kier molecular flexibility index (Phi) is 3.21. The normalized spacial score (nSPS) is 10.3. The lowest BCUT2D eigenvalue weighted by Gasteiger charge is -2.05. The summed E-state index contributed by atoms with van der Waals surface area (Å²) in [6.07, 6.45) is 0. The van der Waals surface area contributed by atoms with E-state index < -0.39 is 11.5 Å². The van der Waals surface area contributed by atoms with E-state index in [1.165, 1.54) is 6.07 Å². The van der Waals surface area contributed by atoms with Gasteiger partial charge < -0.3 is 9.73 Å². The highest BCUT2D eigenvalue weighted by atomic mass is 35.5. The Morgan fingerprint density at radius 2 is 2.11 bits per heavy atom. The smallest absolute Gasteiger partial charge is 0.336 e. The lowest BCUT2D eigenvalue weighted by molar-refractivity contribution is -0.112. The minimum atomic E-state index is -0.494. The van der Waals surface area contributed by atoms with Crippen LogP contribution in [0.2, 0.25) is 0 Å². The van der Waals surface area contributed by atoms with E-state index in [0.29, 0.717) is 11.3 Å². The zero-order valence-electron chi connectivity index (χ0n) is 9.62. The molecular formula is C13H10ClNO3. The van der Waals surface area contributed by atoms with Crippen molar-refractivity contribution in [2.24, 2.45) is 0 Å². The van der Waals surface area contributed by atoms with Crippen molar-refractivity contribution in [1.29, 1.82) is 0 Å². The number of halogens is 1. The standard InChI is InChI=1S/C13H10ClNO3/c1-7-5-12(16)18-11-6-9(3-4-10(7)11)15-13(17)8(2)14/h3-6H,2H2,1H3,(H,15,17). The molecular weight excluding hydrogens is 254 g/mol. The molecule has 18 heavy (non-hydrogen) atoms. The largest absolute Gasteiger partial charge is 0.423 e. The van der Waals surface area contributed by atoms with Crippen molar-refractivity contribution in [3.63, 3.8) is 0 Å². The van der Waals surface area contributed by atoms with E-state index in [2.05, 4.69) is 11.9 Å². The van der Waals surface area contributed by atoms with Crippen molar-refractivity contribution in [2.45, 2.75) is 6.92 Å². The van der Waals surface area contributed by atoms with E-state index >= 15 is 0 Å². The molecule has 0 fully saturated rings. The Morgan fingerprint density at radius 3 is 2.78 bits per heavy atom. The predicted molar refractivity (Wildman–Crippen MR) is 70.8 cm³/mol. The van der Waals surface area contributed by atoms with Crippen LogP contribution in [0.15, 0.2) is 45.1 Å². The quantitative estimate of drug-likeness (QED) is 0.669. The Balaban J connectivity index is 2.47. The van der Waals surface area contributed by atoms with Gasteiger partial charge in [0.2, 0.25) is 0 Å². The van der Waals surface area contributed by atoms with Gasteiger partial charge in [-0.25, -0.2) is 4.79 Å². The molecule has 0 spiro atoms. The highest BCUT2D eigenvalue weighted by molar-refractivity contribution is 6.43. The number of anilines is 1. The minimum absolute atomic E-state index is 0.110. The summed E-state index contributed by atoms with van der Waals surface area (Å²) in [6, 6.07) is 6.45. The van der Waals surface area contributed by atoms with Gasteiger partial charge in [-0.2, -0.15) is 0 Å². The van der Waals surface area contributed by atoms with E-state index in [1.807, 2.05) is 6.92 Å². The Labute approximate surface area is 108 Å². The number of fused-ring (bicyclic) bond motifs is 1. The molecule has 0 aliphatic carbocycles. The molecule has 1 aromatic carbocycles. The van der Waals surface area contributed by atoms with Crippen LogP contribution in [0.5, 0.6) is 0 Å². The number of carbonyl (C=O) groups is 1. The SMILES string of the molecule is C=C(Cl)C(=O)Nc1ccc2c(C)cc(=O)oc2c1. The van der Waals surface area contributed by atoms with E-state index in [0.717, 1.165) is 10.9 Å². The molecule has 2 aromatic rings. The van der Waals surface area contributed by atoms with Crippen molar-refractivity contribution >= 4 is 34.2 Å². The second kappa shape index (κ2) is 4.66. The Hall–Kier alpha value is -2.07. The highest BCUT2D eigenvalue weighted by Crippen LogP contribution is 2.21. The number of nitrogens with one attached hydrogen (secondary N) is 1. The summed E-state index contributed by atoms with van der Waals surface area (Å²) in [4.78, 5) is 22.6. The summed E-state index contributed by atoms with van der Waals surface area (Å²) in [5.41, 5.74) is 1.30. The van der Waals surface area contributed by atoms with Crippen LogP contribution in [0.3, 0.4) is 0 Å². The lowest BCUT2D eigenvalue weighted by Crippen LogP contribution is -2.10. The molecule has 0 radical (unpaired) electrons. The van der Waals surface area contributed by atoms with Crippen molar-refractivity contribution in [2.75, 3.05) is 5.32 Å². The molecule has 1 aromatic heterocycles. The number of hydrogen-bond donors (Lipinski definition) is 1. The van der Waals surface area contributed by atoms with Crippen molar-refractivity contribution in [1.82, 2.24) is 0 Å². The molecule has 4 nitrogen and oxygen atoms in total. The summed E-state index contributed by atoms with van der Waals surface area (Å²) >= 11 is 5.47. The van der Waals surface area contributed by atoms with Gasteiger partial charge in [0.05, 0.1) is 5.03 Å². The molecule has 0 aliphatic rings. The fourth-order valence-corrected chi connectivity index (χ4v) is 1.65. The topological polar surface area (TPSA) is 59.3 Å². The van der Waals surface area contributed by atoms with E-state index in [9.17, 15) is 9.59 Å². The zero-order chi connectivity index (χ0) is 13.3. The van der Waals surface area contributed by atoms with Crippen LogP contribution in [0.25, 0.3) is 11.0 Å². The van der Waals surface area contributed by atoms with Crippen LogP contribution >= 0.6 is 11.6 Å². The lowest BCUT2D eigenvalue weighted by atomic mass is 10.1. The third-order valence-corrected chi connectivity index (χ3v) is 2.63. The second-order valence-electron chi connectivity index (χ2n) is 3.82. The molecule has 1 heterocycles. The van der Waals surface area contributed by atoms with Gasteiger partial charge in [-0.3, -0.25) is 4.79 Å². The molecule has 0 saturated carbocycles. The second-order valence-corrected chi connectivity index (χ2v) is 4.27. The first-order valence-electron chi connectivity index (χ1n) is 5.17. The summed E-state index contributed by atoms with van der Waals surface area (Å²) in [5, 5.41) is 3.25. The van der Waals surface area contributed by atoms with Crippen LogP contribution in [0.1, 0.15) is 5.56 Å². The molecule has 0 unspecified atom stereocenters. The van der Waals surface area contributed by atoms with Gasteiger partial charge in [-0.1, -0.05) is 18.2 Å². The summed E-state index contributed by atoms with van der Waals surface area (Å²) in [7, 11) is 0. The molecule has 0 saturated heterocycles. The van der Waals surface area contributed by atoms with Gasteiger partial charge in [-0.05, 0) is 24.6 Å². The first-order valence-corrected chi connectivity index (χ1v) is 5.55. The molecule has 92 valence electrons. The van der Waals surface area contributed by atoms with Gasteiger partial charge >= 0.3 is 5.63 Å². The number of rotatable bonds is 2. The fourth-order valence-electron chi connectivity index (χ4n) is 1.60. The number of benzene rings is 1. The molecule has 0 atom stereocenters. The summed E-state index contributed by atoms with van der Waals surface area (Å²) in [6.45, 7) is 5.14. The number of hydrogen-bond acceptors (Lipinski definition) is 3. The average Bonchev–Trinajstić information content (AvgIpc) is 2.27. The van der Waals surface area contributed by atoms with E-state index in [4.69, 9.17) is 16.0 Å². The maximum Gasteiger partial charge on any atom is 0.336 e. The number of amides is 1. The van der Waals surface area contributed by atoms with Crippen LogP contribution in [-0.4, -0.2) is 5.91 Å². The first-order chi connectivity index (χ1) is 8.47. The zero-order valence-corrected chi connectivity index (χ0v) is 10.4. The van der Waals surface area contributed by atoms with Gasteiger partial charge in [0.1, 0.15) is 5.58 Å². The molecule has 1 N–H and O–H groups in total. The number of carbonyl (C=O) groups excluding carboxylic acids is 1. The van der Waals surface area contributed by atoms with Crippen LogP contribution in [-0.2, 0) is 4.79 Å².